The number of esters is 1. The number of halogens is 1. The van der Waals surface area contributed by atoms with E-state index in [9.17, 15) is 9.59 Å². The van der Waals surface area contributed by atoms with Gasteiger partial charge in [-0.1, -0.05) is 18.5 Å². The Labute approximate surface area is 157 Å². The molecule has 0 fully saturated rings. The quantitative estimate of drug-likeness (QED) is 0.662. The van der Waals surface area contributed by atoms with E-state index in [0.717, 1.165) is 5.56 Å². The highest BCUT2D eigenvalue weighted by atomic mass is 35.5. The van der Waals surface area contributed by atoms with E-state index in [4.69, 9.17) is 21.1 Å². The minimum Gasteiger partial charge on any atom is -0.484 e. The lowest BCUT2D eigenvalue weighted by Gasteiger charge is -2.25. The van der Waals surface area contributed by atoms with E-state index in [1.807, 2.05) is 12.1 Å². The molecule has 0 saturated carbocycles. The van der Waals surface area contributed by atoms with Gasteiger partial charge in [0.05, 0.1) is 13.0 Å². The van der Waals surface area contributed by atoms with E-state index in [2.05, 4.69) is 4.98 Å². The number of ether oxygens (including phenoxy) is 2. The van der Waals surface area contributed by atoms with E-state index in [-0.39, 0.29) is 25.0 Å². The van der Waals surface area contributed by atoms with Gasteiger partial charge in [-0.2, -0.15) is 0 Å². The molecule has 1 amide bonds. The minimum atomic E-state index is -0.443. The fourth-order valence-electron chi connectivity index (χ4n) is 2.34. The van der Waals surface area contributed by atoms with Crippen LogP contribution >= 0.6 is 11.6 Å². The molecular weight excluding hydrogens is 356 g/mol. The van der Waals surface area contributed by atoms with Crippen LogP contribution in [0.25, 0.3) is 0 Å². The first-order valence-electron chi connectivity index (χ1n) is 8.12. The standard InChI is InChI=1S/C19H21ClN2O4/c1-14(19(24)25-2)11-22(12-15-7-9-21-10-8-15)18(23)13-26-17-5-3-16(20)4-6-17/h3-10,14H,11-13H2,1-2H3. The van der Waals surface area contributed by atoms with Gasteiger partial charge in [-0.25, -0.2) is 0 Å². The summed E-state index contributed by atoms with van der Waals surface area (Å²) in [5.74, 6) is -0.488. The number of hydrogen-bond donors (Lipinski definition) is 0. The van der Waals surface area contributed by atoms with Crippen LogP contribution in [0.3, 0.4) is 0 Å². The molecule has 0 spiro atoms. The van der Waals surface area contributed by atoms with Crippen molar-refractivity contribution in [1.29, 1.82) is 0 Å². The van der Waals surface area contributed by atoms with Gasteiger partial charge in [0.1, 0.15) is 5.75 Å². The van der Waals surface area contributed by atoms with Crippen molar-refractivity contribution in [3.05, 3.63) is 59.4 Å². The van der Waals surface area contributed by atoms with Crippen LogP contribution in [0, 0.1) is 5.92 Å². The molecule has 1 aromatic heterocycles. The summed E-state index contributed by atoms with van der Waals surface area (Å²) < 4.78 is 10.3. The van der Waals surface area contributed by atoms with Crippen LogP contribution in [0.1, 0.15) is 12.5 Å². The van der Waals surface area contributed by atoms with Crippen LogP contribution in [-0.4, -0.2) is 42.0 Å². The number of nitrogens with zero attached hydrogens (tertiary/aromatic N) is 2. The smallest absolute Gasteiger partial charge is 0.310 e. The fourth-order valence-corrected chi connectivity index (χ4v) is 2.46. The molecule has 1 aromatic carbocycles. The average Bonchev–Trinajstić information content (AvgIpc) is 2.66. The van der Waals surface area contributed by atoms with E-state index in [0.29, 0.717) is 17.3 Å². The van der Waals surface area contributed by atoms with E-state index in [1.165, 1.54) is 7.11 Å². The Morgan fingerprint density at radius 3 is 2.42 bits per heavy atom. The molecule has 2 aromatic rings. The van der Waals surface area contributed by atoms with E-state index < -0.39 is 5.92 Å². The lowest BCUT2D eigenvalue weighted by atomic mass is 10.1. The van der Waals surface area contributed by atoms with Crippen molar-refractivity contribution in [1.82, 2.24) is 9.88 Å². The molecule has 0 aliphatic carbocycles. The number of hydrogen-bond acceptors (Lipinski definition) is 5. The predicted molar refractivity (Wildman–Crippen MR) is 97.8 cm³/mol. The van der Waals surface area contributed by atoms with Gasteiger partial charge < -0.3 is 14.4 Å². The maximum Gasteiger partial charge on any atom is 0.310 e. The number of carbonyl (C=O) groups is 2. The van der Waals surface area contributed by atoms with Crippen molar-refractivity contribution in [3.8, 4) is 5.75 Å². The Bertz CT molecular complexity index is 722. The van der Waals surface area contributed by atoms with E-state index in [1.54, 1.807) is 48.5 Å². The Morgan fingerprint density at radius 1 is 1.15 bits per heavy atom. The molecule has 6 nitrogen and oxygen atoms in total. The van der Waals surface area contributed by atoms with Crippen LogP contribution in [0.15, 0.2) is 48.8 Å². The zero-order chi connectivity index (χ0) is 18.9. The van der Waals surface area contributed by atoms with Gasteiger partial charge in [-0.3, -0.25) is 14.6 Å². The number of amides is 1. The zero-order valence-corrected chi connectivity index (χ0v) is 15.5. The molecule has 1 heterocycles. The van der Waals surface area contributed by atoms with Crippen LogP contribution in [-0.2, 0) is 20.9 Å². The third-order valence-electron chi connectivity index (χ3n) is 3.75. The summed E-state index contributed by atoms with van der Waals surface area (Å²) in [6.45, 7) is 2.17. The summed E-state index contributed by atoms with van der Waals surface area (Å²) in [7, 11) is 1.33. The number of pyridine rings is 1. The van der Waals surface area contributed by atoms with Gasteiger partial charge in [0.25, 0.3) is 5.91 Å². The van der Waals surface area contributed by atoms with Crippen molar-refractivity contribution >= 4 is 23.5 Å². The third kappa shape index (κ3) is 6.04. The number of rotatable bonds is 8. The molecule has 0 bridgehead atoms. The Kier molecular flexibility index (Phi) is 7.41. The average molecular weight is 377 g/mol. The van der Waals surface area contributed by atoms with Gasteiger partial charge in [0.2, 0.25) is 0 Å². The Morgan fingerprint density at radius 2 is 1.81 bits per heavy atom. The summed E-state index contributed by atoms with van der Waals surface area (Å²) in [6, 6.07) is 10.4. The van der Waals surface area contributed by atoms with Crippen molar-refractivity contribution in [3.63, 3.8) is 0 Å². The molecular formula is C19H21ClN2O4. The lowest BCUT2D eigenvalue weighted by Crippen LogP contribution is -2.39. The summed E-state index contributed by atoms with van der Waals surface area (Å²) in [5.41, 5.74) is 0.914. The van der Waals surface area contributed by atoms with Crippen molar-refractivity contribution in [2.24, 2.45) is 5.92 Å². The molecule has 26 heavy (non-hydrogen) atoms. The van der Waals surface area contributed by atoms with Crippen LogP contribution in [0.2, 0.25) is 5.02 Å². The second-order valence-corrected chi connectivity index (χ2v) is 6.23. The fraction of sp³-hybridized carbons (Fsp3) is 0.316. The third-order valence-corrected chi connectivity index (χ3v) is 4.00. The first kappa shape index (κ1) is 19.7. The number of aromatic nitrogens is 1. The van der Waals surface area contributed by atoms with E-state index >= 15 is 0 Å². The summed E-state index contributed by atoms with van der Waals surface area (Å²) >= 11 is 5.84. The maximum atomic E-state index is 12.6. The zero-order valence-electron chi connectivity index (χ0n) is 14.7. The number of carbonyl (C=O) groups excluding carboxylic acids is 2. The lowest BCUT2D eigenvalue weighted by molar-refractivity contribution is -0.147. The number of benzene rings is 1. The monoisotopic (exact) mass is 376 g/mol. The maximum absolute atomic E-state index is 12.6. The topological polar surface area (TPSA) is 68.7 Å². The molecule has 0 saturated heterocycles. The van der Waals surface area contributed by atoms with Crippen molar-refractivity contribution in [2.45, 2.75) is 13.5 Å². The first-order chi connectivity index (χ1) is 12.5. The summed E-state index contributed by atoms with van der Waals surface area (Å²) in [5, 5.41) is 0.592. The Balaban J connectivity index is 2.04. The minimum absolute atomic E-state index is 0.138. The SMILES string of the molecule is COC(=O)C(C)CN(Cc1ccncc1)C(=O)COc1ccc(Cl)cc1. The first-order valence-corrected chi connectivity index (χ1v) is 8.50. The van der Waals surface area contributed by atoms with Gasteiger partial charge in [0, 0.05) is 30.5 Å². The molecule has 0 aliphatic heterocycles. The second kappa shape index (κ2) is 9.77. The highest BCUT2D eigenvalue weighted by Crippen LogP contribution is 2.16. The van der Waals surface area contributed by atoms with Gasteiger partial charge in [0.15, 0.2) is 6.61 Å². The highest BCUT2D eigenvalue weighted by Gasteiger charge is 2.22. The van der Waals surface area contributed by atoms with Crippen LogP contribution < -0.4 is 4.74 Å². The molecule has 1 atom stereocenters. The molecule has 0 aliphatic rings. The molecule has 0 radical (unpaired) electrons. The molecule has 1 unspecified atom stereocenters. The normalized spacial score (nSPS) is 11.5. The molecule has 138 valence electrons. The Hall–Kier alpha value is -2.60. The van der Waals surface area contributed by atoms with Crippen molar-refractivity contribution in [2.75, 3.05) is 20.3 Å². The molecule has 0 N–H and O–H groups in total. The largest absolute Gasteiger partial charge is 0.484 e. The summed E-state index contributed by atoms with van der Waals surface area (Å²) in [4.78, 5) is 29.9. The van der Waals surface area contributed by atoms with Crippen molar-refractivity contribution < 1.29 is 19.1 Å². The highest BCUT2D eigenvalue weighted by molar-refractivity contribution is 6.30. The molecule has 7 heteroatoms. The predicted octanol–water partition coefficient (Wildman–Crippen LogP) is 2.95. The summed E-state index contributed by atoms with van der Waals surface area (Å²) in [6.07, 6.45) is 3.32. The number of methoxy groups -OCH3 is 1. The second-order valence-electron chi connectivity index (χ2n) is 5.80. The van der Waals surface area contributed by atoms with Gasteiger partial charge >= 0.3 is 5.97 Å². The molecule has 2 rings (SSSR count). The van der Waals surface area contributed by atoms with Crippen LogP contribution in [0.5, 0.6) is 5.75 Å². The van der Waals surface area contributed by atoms with Crippen LogP contribution in [0.4, 0.5) is 0 Å². The van der Waals surface area contributed by atoms with Gasteiger partial charge in [-0.05, 0) is 42.0 Å². The van der Waals surface area contributed by atoms with Gasteiger partial charge in [-0.15, -0.1) is 0 Å².